The molecule has 0 saturated heterocycles. The fraction of sp³-hybridized carbons (Fsp3) is 0.625. The Labute approximate surface area is 136 Å². The molecule has 0 spiro atoms. The van der Waals surface area contributed by atoms with Gasteiger partial charge in [0.1, 0.15) is 6.10 Å². The van der Waals surface area contributed by atoms with Crippen molar-refractivity contribution in [2.24, 2.45) is 0 Å². The van der Waals surface area contributed by atoms with Gasteiger partial charge in [-0.2, -0.15) is 8.78 Å². The van der Waals surface area contributed by atoms with Crippen LogP contribution in [0.3, 0.4) is 0 Å². The van der Waals surface area contributed by atoms with E-state index in [9.17, 15) is 18.5 Å². The minimum Gasteiger partial charge on any atom is -0.382 e. The molecule has 0 amide bonds. The minimum absolute atomic E-state index is 0.439. The van der Waals surface area contributed by atoms with Gasteiger partial charge in [-0.15, -0.1) is 0 Å². The topological polar surface area (TPSA) is 77.8 Å². The molecular formula is C16H27F2O4P. The Balaban J connectivity index is 4.52. The van der Waals surface area contributed by atoms with E-state index in [0.29, 0.717) is 18.4 Å². The molecule has 0 aromatic carbocycles. The first kappa shape index (κ1) is 22.2. The molecule has 134 valence electrons. The molecule has 0 fully saturated rings. The van der Waals surface area contributed by atoms with E-state index in [1.807, 2.05) is 26.8 Å². The first-order chi connectivity index (χ1) is 10.4. The number of rotatable bonds is 9. The van der Waals surface area contributed by atoms with E-state index in [4.69, 9.17) is 9.79 Å². The van der Waals surface area contributed by atoms with E-state index in [1.54, 1.807) is 6.92 Å². The molecule has 0 heterocycles. The molecule has 0 rings (SSSR count). The van der Waals surface area contributed by atoms with E-state index in [0.717, 1.165) is 18.9 Å². The molecule has 0 aliphatic carbocycles. The molecule has 1 atom stereocenters. The lowest BCUT2D eigenvalue weighted by molar-refractivity contribution is -0.0353. The third-order valence-electron chi connectivity index (χ3n) is 3.31. The highest BCUT2D eigenvalue weighted by Crippen LogP contribution is 2.55. The number of alkyl halides is 2. The molecule has 7 heteroatoms. The summed E-state index contributed by atoms with van der Waals surface area (Å²) < 4.78 is 37.2. The van der Waals surface area contributed by atoms with Gasteiger partial charge in [0.15, 0.2) is 0 Å². The summed E-state index contributed by atoms with van der Waals surface area (Å²) in [5.41, 5.74) is -1.56. The molecule has 0 radical (unpaired) electrons. The summed E-state index contributed by atoms with van der Waals surface area (Å²) in [6.45, 7) is 7.61. The third kappa shape index (κ3) is 8.56. The van der Waals surface area contributed by atoms with Gasteiger partial charge in [-0.05, 0) is 53.4 Å². The van der Waals surface area contributed by atoms with Crippen molar-refractivity contribution in [3.05, 3.63) is 34.9 Å². The van der Waals surface area contributed by atoms with Gasteiger partial charge in [0, 0.05) is 0 Å². The molecule has 0 aliphatic heterocycles. The Kier molecular flexibility index (Phi) is 9.14. The minimum atomic E-state index is -5.69. The number of allylic oxidation sites excluding steroid dienone is 5. The van der Waals surface area contributed by atoms with Crippen LogP contribution in [0.5, 0.6) is 0 Å². The van der Waals surface area contributed by atoms with Crippen LogP contribution in [0.25, 0.3) is 0 Å². The lowest BCUT2D eigenvalue weighted by atomic mass is 10.1. The van der Waals surface area contributed by atoms with E-state index < -0.39 is 19.4 Å². The second-order valence-electron chi connectivity index (χ2n) is 6.00. The van der Waals surface area contributed by atoms with Gasteiger partial charge in [0.25, 0.3) is 0 Å². The first-order valence-corrected chi connectivity index (χ1v) is 9.07. The number of hydrogen-bond donors (Lipinski definition) is 3. The van der Waals surface area contributed by atoms with Gasteiger partial charge in [-0.3, -0.25) is 4.57 Å². The lowest BCUT2D eigenvalue weighted by Gasteiger charge is -2.21. The molecular weight excluding hydrogens is 325 g/mol. The van der Waals surface area contributed by atoms with Gasteiger partial charge in [0.2, 0.25) is 0 Å². The smallest absolute Gasteiger partial charge is 0.382 e. The van der Waals surface area contributed by atoms with Crippen LogP contribution in [0.2, 0.25) is 0 Å². The van der Waals surface area contributed by atoms with Gasteiger partial charge in [-0.1, -0.05) is 34.9 Å². The van der Waals surface area contributed by atoms with Gasteiger partial charge < -0.3 is 14.9 Å². The van der Waals surface area contributed by atoms with Crippen molar-refractivity contribution in [2.75, 3.05) is 0 Å². The molecule has 0 saturated carbocycles. The van der Waals surface area contributed by atoms with Crippen LogP contribution in [0.15, 0.2) is 34.9 Å². The Morgan fingerprint density at radius 3 is 2.00 bits per heavy atom. The van der Waals surface area contributed by atoms with Crippen LogP contribution >= 0.6 is 7.60 Å². The van der Waals surface area contributed by atoms with E-state index in [2.05, 4.69) is 6.08 Å². The predicted octanol–water partition coefficient (Wildman–Crippen LogP) is 4.54. The van der Waals surface area contributed by atoms with Gasteiger partial charge >= 0.3 is 13.3 Å². The van der Waals surface area contributed by atoms with Crippen molar-refractivity contribution in [1.29, 1.82) is 0 Å². The van der Waals surface area contributed by atoms with Crippen LogP contribution in [0.4, 0.5) is 8.78 Å². The van der Waals surface area contributed by atoms with Crippen LogP contribution in [0.1, 0.15) is 53.4 Å². The molecule has 3 N–H and O–H groups in total. The maximum absolute atomic E-state index is 13.3. The van der Waals surface area contributed by atoms with Crippen LogP contribution in [0, 0.1) is 0 Å². The van der Waals surface area contributed by atoms with Crippen molar-refractivity contribution >= 4 is 7.60 Å². The normalized spacial score (nSPS) is 15.5. The Morgan fingerprint density at radius 1 is 1.04 bits per heavy atom. The van der Waals surface area contributed by atoms with Crippen LogP contribution in [-0.4, -0.2) is 26.7 Å². The second-order valence-corrected chi connectivity index (χ2v) is 7.68. The third-order valence-corrected chi connectivity index (χ3v) is 4.35. The zero-order valence-corrected chi connectivity index (χ0v) is 15.0. The molecule has 0 bridgehead atoms. The highest BCUT2D eigenvalue weighted by molar-refractivity contribution is 7.53. The summed E-state index contributed by atoms with van der Waals surface area (Å²) in [7, 11) is -5.69. The van der Waals surface area contributed by atoms with Gasteiger partial charge in [-0.25, -0.2) is 0 Å². The zero-order chi connectivity index (χ0) is 18.3. The molecule has 0 aliphatic rings. The highest BCUT2D eigenvalue weighted by atomic mass is 31.2. The van der Waals surface area contributed by atoms with Crippen molar-refractivity contribution in [3.63, 3.8) is 0 Å². The molecule has 23 heavy (non-hydrogen) atoms. The summed E-state index contributed by atoms with van der Waals surface area (Å²) in [6, 6.07) is 0. The summed E-state index contributed by atoms with van der Waals surface area (Å²) in [6.07, 6.45) is 5.40. The van der Waals surface area contributed by atoms with Crippen molar-refractivity contribution in [3.8, 4) is 0 Å². The molecule has 0 aromatic rings. The van der Waals surface area contributed by atoms with Gasteiger partial charge in [0.05, 0.1) is 0 Å². The highest BCUT2D eigenvalue weighted by Gasteiger charge is 2.54. The lowest BCUT2D eigenvalue weighted by Crippen LogP contribution is -2.31. The summed E-state index contributed by atoms with van der Waals surface area (Å²) >= 11 is 0. The van der Waals surface area contributed by atoms with Crippen molar-refractivity contribution in [1.82, 2.24) is 0 Å². The number of aliphatic hydroxyl groups is 1. The molecule has 0 aromatic heterocycles. The monoisotopic (exact) mass is 352 g/mol. The maximum Gasteiger partial charge on any atom is 0.397 e. The summed E-state index contributed by atoms with van der Waals surface area (Å²) in [5.74, 6) is 0. The second kappa shape index (κ2) is 9.48. The van der Waals surface area contributed by atoms with Crippen LogP contribution < -0.4 is 0 Å². The predicted molar refractivity (Wildman–Crippen MR) is 88.4 cm³/mol. The molecule has 4 nitrogen and oxygen atoms in total. The molecule has 1 unspecified atom stereocenters. The van der Waals surface area contributed by atoms with E-state index >= 15 is 0 Å². The SMILES string of the molecule is CC(C)=CCCC(C)=CCCC(C)=CC(O)C(F)(F)P(=O)(O)O. The number of hydrogen-bond acceptors (Lipinski definition) is 2. The average molecular weight is 352 g/mol. The fourth-order valence-corrected chi connectivity index (χ4v) is 2.28. The largest absolute Gasteiger partial charge is 0.397 e. The Bertz CT molecular complexity index is 514. The number of aliphatic hydroxyl groups excluding tert-OH is 1. The average Bonchev–Trinajstić information content (AvgIpc) is 2.36. The van der Waals surface area contributed by atoms with Crippen molar-refractivity contribution < 1.29 is 28.2 Å². The summed E-state index contributed by atoms with van der Waals surface area (Å²) in [5, 5.41) is 9.32. The summed E-state index contributed by atoms with van der Waals surface area (Å²) in [4.78, 5) is 17.1. The van der Waals surface area contributed by atoms with E-state index in [1.165, 1.54) is 11.1 Å². The Morgan fingerprint density at radius 2 is 1.52 bits per heavy atom. The Hall–Kier alpha value is -0.810. The quantitative estimate of drug-likeness (QED) is 0.421. The maximum atomic E-state index is 13.3. The van der Waals surface area contributed by atoms with Crippen LogP contribution in [-0.2, 0) is 4.57 Å². The standard InChI is InChI=1S/C16H27F2O4P/c1-12(2)7-5-8-13(3)9-6-10-14(4)11-15(19)16(17,18)23(20,21)22/h7,9,11,15,19H,5-6,8,10H2,1-4H3,(H2,20,21,22). The fourth-order valence-electron chi connectivity index (χ4n) is 1.86. The number of halogens is 2. The first-order valence-electron chi connectivity index (χ1n) is 7.45. The zero-order valence-electron chi connectivity index (χ0n) is 14.1. The van der Waals surface area contributed by atoms with E-state index in [-0.39, 0.29) is 0 Å². The van der Waals surface area contributed by atoms with Crippen molar-refractivity contribution in [2.45, 2.75) is 65.1 Å².